The average molecular weight is 586 g/mol. The van der Waals surface area contributed by atoms with E-state index in [1.54, 1.807) is 54.6 Å². The maximum Gasteiger partial charge on any atom is 0.178 e. The number of hydrogen-bond donors (Lipinski definition) is 1. The third kappa shape index (κ3) is 5.09. The molecule has 4 unspecified atom stereocenters. The number of nitrogens with two attached hydrogens (primary N) is 1. The first kappa shape index (κ1) is 28.0. The lowest BCUT2D eigenvalue weighted by Crippen LogP contribution is -2.21. The Kier molecular flexibility index (Phi) is 7.08. The highest BCUT2D eigenvalue weighted by atomic mass is 16.2. The monoisotopic (exact) mass is 585 g/mol. The Bertz CT molecular complexity index is 2070. The van der Waals surface area contributed by atoms with Crippen LogP contribution in [-0.2, 0) is 9.59 Å². The van der Waals surface area contributed by atoms with Crippen LogP contribution in [-0.4, -0.2) is 23.1 Å². The molecule has 4 aliphatic rings. The molecule has 0 bridgehead atoms. The highest BCUT2D eigenvalue weighted by Gasteiger charge is 2.51. The second-order valence-electron chi connectivity index (χ2n) is 11.6. The van der Waals surface area contributed by atoms with E-state index < -0.39 is 29.5 Å². The largest absolute Gasteiger partial charge is 0.399 e. The van der Waals surface area contributed by atoms with E-state index in [4.69, 9.17) is 5.73 Å². The predicted octanol–water partition coefficient (Wildman–Crippen LogP) is 6.08. The number of carbonyl (C=O) groups excluding carboxylic acids is 4. The molecule has 0 amide bonds. The van der Waals surface area contributed by atoms with Crippen LogP contribution in [0.1, 0.15) is 67.6 Å². The van der Waals surface area contributed by atoms with Crippen molar-refractivity contribution in [3.05, 3.63) is 148 Å². The maximum absolute atomic E-state index is 13.9. The van der Waals surface area contributed by atoms with E-state index in [9.17, 15) is 19.2 Å². The number of anilines is 1. The lowest BCUT2D eigenvalue weighted by atomic mass is 9.82. The summed E-state index contributed by atoms with van der Waals surface area (Å²) in [7, 11) is 0. The van der Waals surface area contributed by atoms with Gasteiger partial charge in [0.15, 0.2) is 23.1 Å². The Hall–Kier alpha value is -5.78. The van der Waals surface area contributed by atoms with Gasteiger partial charge in [-0.15, -0.1) is 0 Å². The number of benzene rings is 3. The van der Waals surface area contributed by atoms with Gasteiger partial charge in [-0.1, -0.05) is 84.4 Å². The van der Waals surface area contributed by atoms with Crippen molar-refractivity contribution in [1.82, 2.24) is 0 Å². The summed E-state index contributed by atoms with van der Waals surface area (Å²) in [6, 6.07) is 19.2. The molecule has 4 aliphatic carbocycles. The minimum absolute atomic E-state index is 0.260. The van der Waals surface area contributed by atoms with Gasteiger partial charge in [-0.05, 0) is 66.4 Å². The highest BCUT2D eigenvalue weighted by Crippen LogP contribution is 2.45. The lowest BCUT2D eigenvalue weighted by molar-refractivity contribution is -0.124. The third-order valence-corrected chi connectivity index (χ3v) is 8.77. The van der Waals surface area contributed by atoms with Crippen LogP contribution in [0.3, 0.4) is 0 Å². The molecular formula is C40H27NO4. The van der Waals surface area contributed by atoms with Gasteiger partial charge in [0.25, 0.3) is 0 Å². The highest BCUT2D eigenvalue weighted by molar-refractivity contribution is 6.30. The van der Waals surface area contributed by atoms with Gasteiger partial charge in [-0.3, -0.25) is 19.2 Å². The maximum atomic E-state index is 13.9. The number of nitrogen functional groups attached to an aromatic ring is 1. The van der Waals surface area contributed by atoms with E-state index in [0.717, 1.165) is 24.0 Å². The molecule has 1 saturated carbocycles. The number of carbonyl (C=O) groups is 4. The van der Waals surface area contributed by atoms with Gasteiger partial charge in [-0.25, -0.2) is 0 Å². The van der Waals surface area contributed by atoms with Crippen LogP contribution in [0.2, 0.25) is 0 Å². The lowest BCUT2D eigenvalue weighted by Gasteiger charge is -2.18. The summed E-state index contributed by atoms with van der Waals surface area (Å²) in [5, 5.41) is 0. The van der Waals surface area contributed by atoms with Crippen molar-refractivity contribution in [3.63, 3.8) is 0 Å². The van der Waals surface area contributed by atoms with Crippen molar-refractivity contribution in [2.45, 2.75) is 24.7 Å². The molecule has 0 spiro atoms. The first-order chi connectivity index (χ1) is 21.9. The van der Waals surface area contributed by atoms with E-state index in [1.165, 1.54) is 0 Å². The van der Waals surface area contributed by atoms with Crippen molar-refractivity contribution < 1.29 is 19.2 Å². The van der Waals surface area contributed by atoms with Crippen LogP contribution in [0.25, 0.3) is 0 Å². The molecule has 3 aromatic rings. The zero-order valence-corrected chi connectivity index (χ0v) is 24.2. The number of fused-ring (bicyclic) bond motifs is 2. The second-order valence-corrected chi connectivity index (χ2v) is 11.6. The van der Waals surface area contributed by atoms with Crippen molar-refractivity contribution in [1.29, 1.82) is 0 Å². The van der Waals surface area contributed by atoms with Crippen LogP contribution in [0.4, 0.5) is 5.69 Å². The van der Waals surface area contributed by atoms with Crippen molar-refractivity contribution in [2.75, 3.05) is 5.73 Å². The normalized spacial score (nSPS) is 22.9. The van der Waals surface area contributed by atoms with Gasteiger partial charge in [0, 0.05) is 39.1 Å². The number of rotatable bonds is 2. The van der Waals surface area contributed by atoms with Crippen LogP contribution in [0, 0.1) is 35.5 Å². The first-order valence-corrected chi connectivity index (χ1v) is 14.9. The van der Waals surface area contributed by atoms with E-state index in [2.05, 4.69) is 29.8 Å². The van der Waals surface area contributed by atoms with Gasteiger partial charge < -0.3 is 5.73 Å². The van der Waals surface area contributed by atoms with Crippen LogP contribution in [0.5, 0.6) is 0 Å². The fraction of sp³-hybridized carbons (Fsp3) is 0.150. The standard InChI is InChI=1S/C40H27NO4/c41-28-17-20-29(35-37(42)30-18-15-26(21-33(30)39(35)44)13-11-24-7-3-1-4-8-24)32(23-28)36-38(43)31-19-16-27(22-34(31)40(36)45)14-12-25-9-5-2-6-10-25/h1-3,5-7,9-10,15-23,30,33,35-36H,4,8,41H2. The van der Waals surface area contributed by atoms with Gasteiger partial charge in [0.2, 0.25) is 0 Å². The van der Waals surface area contributed by atoms with E-state index in [-0.39, 0.29) is 22.9 Å². The molecule has 0 radical (unpaired) electrons. The summed E-state index contributed by atoms with van der Waals surface area (Å²) in [5.74, 6) is 7.53. The third-order valence-electron chi connectivity index (χ3n) is 8.77. The van der Waals surface area contributed by atoms with Crippen molar-refractivity contribution in [3.8, 4) is 23.7 Å². The molecule has 3 aromatic carbocycles. The summed E-state index contributed by atoms with van der Waals surface area (Å²) in [5.41, 5.74) is 10.8. The first-order valence-electron chi connectivity index (χ1n) is 14.9. The zero-order valence-electron chi connectivity index (χ0n) is 24.2. The molecule has 5 nitrogen and oxygen atoms in total. The number of ketones is 4. The van der Waals surface area contributed by atoms with Crippen molar-refractivity contribution in [2.24, 2.45) is 11.8 Å². The molecule has 45 heavy (non-hydrogen) atoms. The number of Topliss-reactive ketones (excluding diaryl/α,β-unsaturated/α-hetero) is 4. The Balaban J connectivity index is 1.20. The zero-order chi connectivity index (χ0) is 31.1. The predicted molar refractivity (Wildman–Crippen MR) is 172 cm³/mol. The van der Waals surface area contributed by atoms with Crippen LogP contribution in [0.15, 0.2) is 114 Å². The summed E-state index contributed by atoms with van der Waals surface area (Å²) >= 11 is 0. The Morgan fingerprint density at radius 3 is 2.27 bits per heavy atom. The van der Waals surface area contributed by atoms with E-state index in [0.29, 0.717) is 33.5 Å². The molecule has 0 saturated heterocycles. The average Bonchev–Trinajstić information content (AvgIpc) is 3.46. The Labute approximate surface area is 261 Å². The fourth-order valence-corrected chi connectivity index (χ4v) is 6.51. The van der Waals surface area contributed by atoms with E-state index in [1.807, 2.05) is 42.5 Å². The molecular weight excluding hydrogens is 558 g/mol. The minimum Gasteiger partial charge on any atom is -0.399 e. The quantitative estimate of drug-likeness (QED) is 0.224. The Morgan fingerprint density at radius 1 is 0.689 bits per heavy atom. The molecule has 0 aromatic heterocycles. The van der Waals surface area contributed by atoms with Gasteiger partial charge >= 0.3 is 0 Å². The summed E-state index contributed by atoms with van der Waals surface area (Å²) in [6.45, 7) is 0. The molecule has 7 rings (SSSR count). The molecule has 5 heteroatoms. The second kappa shape index (κ2) is 11.4. The van der Waals surface area contributed by atoms with Crippen LogP contribution >= 0.6 is 0 Å². The van der Waals surface area contributed by atoms with Crippen LogP contribution < -0.4 is 5.73 Å². The van der Waals surface area contributed by atoms with E-state index >= 15 is 0 Å². The molecule has 2 N–H and O–H groups in total. The summed E-state index contributed by atoms with van der Waals surface area (Å²) < 4.78 is 0. The minimum atomic E-state index is -1.20. The van der Waals surface area contributed by atoms with Gasteiger partial charge in [0.05, 0.1) is 11.8 Å². The van der Waals surface area contributed by atoms with Gasteiger partial charge in [-0.2, -0.15) is 0 Å². The van der Waals surface area contributed by atoms with Crippen molar-refractivity contribution >= 4 is 28.8 Å². The molecule has 4 atom stereocenters. The number of allylic oxidation sites excluding steroid dienone is 8. The SMILES string of the molecule is Nc1ccc(C2C(=O)C3C=CC(C#CC4=CC=CCC4)=CC3C2=O)c(C2C(=O)c3ccc(C#Cc4ccccc4)cc3C2=O)c1. The molecule has 0 aliphatic heterocycles. The molecule has 216 valence electrons. The molecule has 1 fully saturated rings. The molecule has 0 heterocycles. The topological polar surface area (TPSA) is 94.3 Å². The fourth-order valence-electron chi connectivity index (χ4n) is 6.51. The summed E-state index contributed by atoms with van der Waals surface area (Å²) in [4.78, 5) is 55.2. The smallest absolute Gasteiger partial charge is 0.178 e. The van der Waals surface area contributed by atoms with Gasteiger partial charge in [0.1, 0.15) is 11.8 Å². The summed E-state index contributed by atoms with van der Waals surface area (Å²) in [6.07, 6.45) is 13.2. The Morgan fingerprint density at radius 2 is 1.47 bits per heavy atom. The number of hydrogen-bond acceptors (Lipinski definition) is 5.